The maximum absolute atomic E-state index is 8.97. The van der Waals surface area contributed by atoms with E-state index in [-0.39, 0.29) is 5.23 Å². The third-order valence-electron chi connectivity index (χ3n) is 4.59. The van der Waals surface area contributed by atoms with Crippen molar-refractivity contribution in [3.63, 3.8) is 0 Å². The number of hydrogen-bond donors (Lipinski definition) is 0. The third-order valence-corrected chi connectivity index (χ3v) is 15.3. The molecule has 0 aromatic heterocycles. The van der Waals surface area contributed by atoms with Crippen molar-refractivity contribution in [2.45, 2.75) is 99.2 Å². The van der Waals surface area contributed by atoms with Crippen molar-refractivity contribution in [1.82, 2.24) is 0 Å². The summed E-state index contributed by atoms with van der Waals surface area (Å²) >= 11 is -2.08. The molecule has 1 heterocycles. The zero-order chi connectivity index (χ0) is 14.8. The Bertz CT molecular complexity index is 219. The molecule has 1 fully saturated rings. The van der Waals surface area contributed by atoms with Gasteiger partial charge in [0, 0.05) is 0 Å². The molecule has 0 aliphatic carbocycles. The van der Waals surface area contributed by atoms with Crippen LogP contribution in [0, 0.1) is 0 Å². The van der Waals surface area contributed by atoms with Crippen molar-refractivity contribution in [2.75, 3.05) is 6.61 Å². The monoisotopic (exact) mass is 331 g/mol. The van der Waals surface area contributed by atoms with Crippen LogP contribution >= 0.6 is 0 Å². The topological polar surface area (TPSA) is 9.23 Å². The van der Waals surface area contributed by atoms with E-state index in [0.717, 1.165) is 13.0 Å². The van der Waals surface area contributed by atoms with Crippen molar-refractivity contribution >= 4 is 13.3 Å². The molecule has 0 N–H and O–H groups in total. The van der Waals surface area contributed by atoms with Gasteiger partial charge in [-0.15, -0.1) is 0 Å². The first-order valence-electron chi connectivity index (χ1n) is 9.31. The summed E-state index contributed by atoms with van der Waals surface area (Å²) in [4.78, 5) is 0. The van der Waals surface area contributed by atoms with Gasteiger partial charge in [-0.05, 0) is 0 Å². The Morgan fingerprint density at radius 2 is 1.53 bits per heavy atom. The van der Waals surface area contributed by atoms with Crippen LogP contribution < -0.4 is 0 Å². The Morgan fingerprint density at radius 1 is 1.00 bits per heavy atom. The Hall–Kier alpha value is 0.503. The molecule has 114 valence electrons. The number of ether oxygens (including phenoxy) is 1. The Kier molecular flexibility index (Phi) is 8.58. The van der Waals surface area contributed by atoms with Crippen LogP contribution in [0.3, 0.4) is 0 Å². The molecule has 0 radical (unpaired) electrons. The Morgan fingerprint density at radius 3 is 1.89 bits per heavy atom. The van der Waals surface area contributed by atoms with Crippen molar-refractivity contribution < 1.29 is 6.11 Å². The predicted molar refractivity (Wildman–Crippen MR) is 88.7 cm³/mol. The molecule has 0 saturated carbocycles. The summed E-state index contributed by atoms with van der Waals surface area (Å²) < 4.78 is 14.9. The molecule has 0 aromatic rings. The first kappa shape index (κ1) is 15.9. The number of hydrogen-bond acceptors (Lipinski definition) is 1. The molecule has 1 aliphatic heterocycles. The summed E-state index contributed by atoms with van der Waals surface area (Å²) in [5, 5.41) is 4.45. The molecule has 0 amide bonds. The number of unbranched alkanes of at least 4 members (excludes halogenated alkanes) is 3. The van der Waals surface area contributed by atoms with Gasteiger partial charge >= 0.3 is 125 Å². The van der Waals surface area contributed by atoms with Crippen LogP contribution in [-0.2, 0) is 4.74 Å². The molecule has 1 nitrogen and oxygen atoms in total. The molecule has 2 atom stereocenters. The Balaban J connectivity index is 2.79. The van der Waals surface area contributed by atoms with E-state index < -0.39 is 13.3 Å². The fraction of sp³-hybridized carbons (Fsp3) is 1.00. The zero-order valence-corrected chi connectivity index (χ0v) is 15.6. The van der Waals surface area contributed by atoms with Crippen molar-refractivity contribution in [2.24, 2.45) is 0 Å². The van der Waals surface area contributed by atoms with E-state index >= 15 is 0 Å². The first-order chi connectivity index (χ1) is 9.70. The van der Waals surface area contributed by atoms with Gasteiger partial charge in [0.1, 0.15) is 0 Å². The van der Waals surface area contributed by atoms with E-state index in [1.165, 1.54) is 60.7 Å². The van der Waals surface area contributed by atoms with Crippen LogP contribution in [0.1, 0.15) is 73.5 Å². The third kappa shape index (κ3) is 6.66. The van der Waals surface area contributed by atoms with Gasteiger partial charge in [0.05, 0.1) is 0 Å². The minimum absolute atomic E-state index is 0.183. The van der Waals surface area contributed by atoms with E-state index in [9.17, 15) is 0 Å². The van der Waals surface area contributed by atoms with Gasteiger partial charge in [0.2, 0.25) is 0 Å². The zero-order valence-electron chi connectivity index (χ0n) is 14.5. The molecular weight excluding hydrogens is 293 g/mol. The molecule has 0 spiro atoms. The van der Waals surface area contributed by atoms with Crippen molar-refractivity contribution in [3.8, 4) is 0 Å². The number of rotatable bonds is 11. The molecule has 2 heteroatoms. The molecule has 0 bridgehead atoms. The summed E-state index contributed by atoms with van der Waals surface area (Å²) in [6.07, 6.45) is 10.6. The van der Waals surface area contributed by atoms with Crippen LogP contribution in [0.5, 0.6) is 0 Å². The van der Waals surface area contributed by atoms with E-state index in [1.54, 1.807) is 0 Å². The molecule has 1 rings (SSSR count). The molecule has 19 heavy (non-hydrogen) atoms. The van der Waals surface area contributed by atoms with Gasteiger partial charge in [-0.2, -0.15) is 0 Å². The van der Waals surface area contributed by atoms with Gasteiger partial charge in [-0.25, -0.2) is 0 Å². The van der Waals surface area contributed by atoms with Gasteiger partial charge in [0.15, 0.2) is 0 Å². The Labute approximate surface area is 125 Å². The quantitative estimate of drug-likeness (QED) is 0.421. The van der Waals surface area contributed by atoms with Gasteiger partial charge < -0.3 is 0 Å². The summed E-state index contributed by atoms with van der Waals surface area (Å²) in [7, 11) is 0. The first-order valence-corrected chi connectivity index (χ1v) is 14.4. The normalized spacial score (nSPS) is 22.5. The molecule has 1 unspecified atom stereocenters. The second kappa shape index (κ2) is 10.3. The van der Waals surface area contributed by atoms with Crippen LogP contribution in [0.25, 0.3) is 0 Å². The summed E-state index contributed by atoms with van der Waals surface area (Å²) in [5.41, 5.74) is 0. The van der Waals surface area contributed by atoms with Gasteiger partial charge in [-0.3, -0.25) is 0 Å². The van der Waals surface area contributed by atoms with Crippen molar-refractivity contribution in [1.29, 1.82) is 0 Å². The summed E-state index contributed by atoms with van der Waals surface area (Å²) in [6, 6.07) is 0. The van der Waals surface area contributed by atoms with Gasteiger partial charge in [0.25, 0.3) is 0 Å². The molecule has 1 aliphatic rings. The van der Waals surface area contributed by atoms with E-state index in [0.29, 0.717) is 6.10 Å². The van der Waals surface area contributed by atoms with Crippen LogP contribution in [-0.4, -0.2) is 26.0 Å². The molecule has 1 saturated heterocycles. The maximum atomic E-state index is 8.97. The second-order valence-electron chi connectivity index (χ2n) is 6.39. The van der Waals surface area contributed by atoms with E-state index in [1.807, 2.05) is 0 Å². The molecular formula is C17H36GeO. The SMILES string of the molecule is [2H][CH]([C@H]1CCCO1)[Ge]([CH2]CCC)([CH2]CCC)[CH2]CCC. The second-order valence-corrected chi connectivity index (χ2v) is 16.0. The van der Waals surface area contributed by atoms with Crippen molar-refractivity contribution in [3.05, 3.63) is 0 Å². The summed E-state index contributed by atoms with van der Waals surface area (Å²) in [5.74, 6) is 0. The van der Waals surface area contributed by atoms with Crippen LogP contribution in [0.2, 0.25) is 21.0 Å². The summed E-state index contributed by atoms with van der Waals surface area (Å²) in [6.45, 7) is 7.82. The standard InChI is InChI=1S/C17H36GeO/c1-4-7-12-18(13-8-5-2,14-9-6-3)16-17-11-10-15-19-17/h17H,4-16H2,1-3H3/t17-/m1/s1/i16D/t16?,17-. The average molecular weight is 330 g/mol. The fourth-order valence-corrected chi connectivity index (χ4v) is 14.8. The average Bonchev–Trinajstić information content (AvgIpc) is 3.00. The minimum atomic E-state index is -2.08. The van der Waals surface area contributed by atoms with Crippen LogP contribution in [0.4, 0.5) is 0 Å². The molecule has 0 aromatic carbocycles. The van der Waals surface area contributed by atoms with Gasteiger partial charge in [-0.1, -0.05) is 0 Å². The fourth-order valence-electron chi connectivity index (χ4n) is 3.34. The van der Waals surface area contributed by atoms with E-state index in [4.69, 9.17) is 6.11 Å². The van der Waals surface area contributed by atoms with E-state index in [2.05, 4.69) is 20.8 Å². The van der Waals surface area contributed by atoms with Crippen LogP contribution in [0.15, 0.2) is 0 Å². The predicted octanol–water partition coefficient (Wildman–Crippen LogP) is 6.01.